The van der Waals surface area contributed by atoms with E-state index < -0.39 is 0 Å². The smallest absolute Gasteiger partial charge is 0.0421 e. The summed E-state index contributed by atoms with van der Waals surface area (Å²) in [5, 5.41) is 3.52. The molecule has 2 heteroatoms. The fourth-order valence-corrected chi connectivity index (χ4v) is 2.38. The first-order chi connectivity index (χ1) is 10.4. The Bertz CT molecular complexity index is 678. The third-order valence-electron chi connectivity index (χ3n) is 3.43. The Kier molecular flexibility index (Phi) is 4.27. The number of aromatic nitrogens is 1. The molecule has 0 spiro atoms. The molecule has 0 aliphatic carbocycles. The van der Waals surface area contributed by atoms with Gasteiger partial charge in [0.05, 0.1) is 0 Å². The van der Waals surface area contributed by atoms with Crippen LogP contribution in [0, 0.1) is 0 Å². The number of hydrogen-bond acceptors (Lipinski definition) is 2. The zero-order valence-corrected chi connectivity index (χ0v) is 11.9. The van der Waals surface area contributed by atoms with Gasteiger partial charge in [-0.3, -0.25) is 4.98 Å². The normalized spacial score (nSPS) is 10.3. The van der Waals surface area contributed by atoms with Crippen LogP contribution in [0.4, 0.5) is 5.69 Å². The molecule has 0 unspecified atom stereocenters. The van der Waals surface area contributed by atoms with Crippen LogP contribution >= 0.6 is 0 Å². The molecule has 104 valence electrons. The van der Waals surface area contributed by atoms with Crippen molar-refractivity contribution in [1.82, 2.24) is 4.98 Å². The first kappa shape index (κ1) is 13.4. The molecule has 1 heterocycles. The fraction of sp³-hybridized carbons (Fsp3) is 0.105. The molecule has 0 bridgehead atoms. The van der Waals surface area contributed by atoms with Crippen LogP contribution in [0.15, 0.2) is 79.0 Å². The van der Waals surface area contributed by atoms with Crippen LogP contribution in [-0.4, -0.2) is 11.5 Å². The summed E-state index contributed by atoms with van der Waals surface area (Å²) in [6, 6.07) is 24.9. The summed E-state index contributed by atoms with van der Waals surface area (Å²) in [6.45, 7) is 0.876. The van der Waals surface area contributed by atoms with E-state index in [1.807, 2.05) is 24.4 Å². The summed E-state index contributed by atoms with van der Waals surface area (Å²) in [5.41, 5.74) is 4.75. The Hall–Kier alpha value is -2.61. The second kappa shape index (κ2) is 6.71. The van der Waals surface area contributed by atoms with Crippen molar-refractivity contribution in [2.24, 2.45) is 0 Å². The van der Waals surface area contributed by atoms with E-state index >= 15 is 0 Å². The highest BCUT2D eigenvalue weighted by Gasteiger charge is 2.03. The zero-order valence-electron chi connectivity index (χ0n) is 11.9. The standard InChI is InChI=1S/C19H18N2/c1-2-8-16(9-3-1)18-11-4-5-12-19(18)21-15-13-17-10-6-7-14-20-17/h1-12,14,21H,13,15H2. The molecule has 0 saturated heterocycles. The van der Waals surface area contributed by atoms with Gasteiger partial charge in [-0.1, -0.05) is 54.6 Å². The van der Waals surface area contributed by atoms with Gasteiger partial charge in [0, 0.05) is 36.1 Å². The fourth-order valence-electron chi connectivity index (χ4n) is 2.38. The maximum absolute atomic E-state index is 4.35. The zero-order chi connectivity index (χ0) is 14.3. The van der Waals surface area contributed by atoms with Gasteiger partial charge in [-0.25, -0.2) is 0 Å². The molecule has 0 fully saturated rings. The Morgan fingerprint density at radius 1 is 0.762 bits per heavy atom. The van der Waals surface area contributed by atoms with E-state index in [0.29, 0.717) is 0 Å². The lowest BCUT2D eigenvalue weighted by Gasteiger charge is -2.12. The van der Waals surface area contributed by atoms with Crippen molar-refractivity contribution in [3.8, 4) is 11.1 Å². The minimum Gasteiger partial charge on any atom is -0.384 e. The molecule has 0 amide bonds. The predicted molar refractivity (Wildman–Crippen MR) is 88.3 cm³/mol. The molecule has 3 aromatic rings. The monoisotopic (exact) mass is 274 g/mol. The van der Waals surface area contributed by atoms with Crippen molar-refractivity contribution in [1.29, 1.82) is 0 Å². The van der Waals surface area contributed by atoms with Crippen LogP contribution in [-0.2, 0) is 6.42 Å². The molecule has 0 radical (unpaired) electrons. The lowest BCUT2D eigenvalue weighted by atomic mass is 10.0. The molecule has 0 aliphatic heterocycles. The Morgan fingerprint density at radius 3 is 2.33 bits per heavy atom. The summed E-state index contributed by atoms with van der Waals surface area (Å²) in [6.07, 6.45) is 2.76. The molecule has 1 N–H and O–H groups in total. The molecular formula is C19H18N2. The van der Waals surface area contributed by atoms with Gasteiger partial charge in [-0.05, 0) is 23.8 Å². The number of para-hydroxylation sites is 1. The Morgan fingerprint density at radius 2 is 1.52 bits per heavy atom. The number of anilines is 1. The topological polar surface area (TPSA) is 24.9 Å². The maximum Gasteiger partial charge on any atom is 0.0421 e. The van der Waals surface area contributed by atoms with Crippen LogP contribution in [0.1, 0.15) is 5.69 Å². The van der Waals surface area contributed by atoms with E-state index in [-0.39, 0.29) is 0 Å². The molecule has 1 aromatic heterocycles. The number of rotatable bonds is 5. The molecule has 0 aliphatic rings. The highest BCUT2D eigenvalue weighted by atomic mass is 14.9. The Balaban J connectivity index is 1.71. The van der Waals surface area contributed by atoms with E-state index in [2.05, 4.69) is 64.9 Å². The van der Waals surface area contributed by atoms with Crippen LogP contribution in [0.3, 0.4) is 0 Å². The summed E-state index contributed by atoms with van der Waals surface area (Å²) >= 11 is 0. The first-order valence-corrected chi connectivity index (χ1v) is 7.22. The highest BCUT2D eigenvalue weighted by molar-refractivity contribution is 5.77. The number of hydrogen-bond donors (Lipinski definition) is 1. The summed E-state index contributed by atoms with van der Waals surface area (Å²) < 4.78 is 0. The van der Waals surface area contributed by atoms with Gasteiger partial charge < -0.3 is 5.32 Å². The predicted octanol–water partition coefficient (Wildman–Crippen LogP) is 4.40. The van der Waals surface area contributed by atoms with Crippen molar-refractivity contribution >= 4 is 5.69 Å². The van der Waals surface area contributed by atoms with Gasteiger partial charge in [0.25, 0.3) is 0 Å². The number of pyridine rings is 1. The van der Waals surface area contributed by atoms with Gasteiger partial charge in [0.1, 0.15) is 0 Å². The van der Waals surface area contributed by atoms with Crippen molar-refractivity contribution in [2.45, 2.75) is 6.42 Å². The average molecular weight is 274 g/mol. The van der Waals surface area contributed by atoms with Gasteiger partial charge >= 0.3 is 0 Å². The second-order valence-corrected chi connectivity index (χ2v) is 4.91. The number of nitrogens with zero attached hydrogens (tertiary/aromatic N) is 1. The largest absolute Gasteiger partial charge is 0.384 e. The summed E-state index contributed by atoms with van der Waals surface area (Å²) in [4.78, 5) is 4.35. The van der Waals surface area contributed by atoms with E-state index in [0.717, 1.165) is 18.7 Å². The van der Waals surface area contributed by atoms with Crippen LogP contribution < -0.4 is 5.32 Å². The molecule has 2 nitrogen and oxygen atoms in total. The molecular weight excluding hydrogens is 256 g/mol. The van der Waals surface area contributed by atoms with E-state index in [9.17, 15) is 0 Å². The lowest BCUT2D eigenvalue weighted by molar-refractivity contribution is 0.962. The highest BCUT2D eigenvalue weighted by Crippen LogP contribution is 2.27. The second-order valence-electron chi connectivity index (χ2n) is 4.91. The molecule has 21 heavy (non-hydrogen) atoms. The molecule has 0 atom stereocenters. The lowest BCUT2D eigenvalue weighted by Crippen LogP contribution is -2.06. The van der Waals surface area contributed by atoms with E-state index in [1.165, 1.54) is 16.8 Å². The number of benzene rings is 2. The van der Waals surface area contributed by atoms with Crippen molar-refractivity contribution in [3.05, 3.63) is 84.7 Å². The summed E-state index contributed by atoms with van der Waals surface area (Å²) in [5.74, 6) is 0. The van der Waals surface area contributed by atoms with E-state index in [4.69, 9.17) is 0 Å². The molecule has 2 aromatic carbocycles. The minimum atomic E-state index is 0.876. The SMILES string of the molecule is c1ccc(-c2ccccc2NCCc2ccccn2)cc1. The summed E-state index contributed by atoms with van der Waals surface area (Å²) in [7, 11) is 0. The van der Waals surface area contributed by atoms with Crippen LogP contribution in [0.2, 0.25) is 0 Å². The Labute approximate surface area is 125 Å². The molecule has 0 saturated carbocycles. The van der Waals surface area contributed by atoms with Crippen molar-refractivity contribution in [2.75, 3.05) is 11.9 Å². The van der Waals surface area contributed by atoms with Crippen molar-refractivity contribution in [3.63, 3.8) is 0 Å². The van der Waals surface area contributed by atoms with Gasteiger partial charge in [-0.2, -0.15) is 0 Å². The third kappa shape index (κ3) is 3.48. The van der Waals surface area contributed by atoms with Crippen LogP contribution in [0.5, 0.6) is 0 Å². The van der Waals surface area contributed by atoms with Gasteiger partial charge in [0.15, 0.2) is 0 Å². The maximum atomic E-state index is 4.35. The molecule has 3 rings (SSSR count). The average Bonchev–Trinajstić information content (AvgIpc) is 2.57. The van der Waals surface area contributed by atoms with Crippen LogP contribution in [0.25, 0.3) is 11.1 Å². The number of nitrogens with one attached hydrogen (secondary N) is 1. The first-order valence-electron chi connectivity index (χ1n) is 7.22. The quantitative estimate of drug-likeness (QED) is 0.745. The third-order valence-corrected chi connectivity index (χ3v) is 3.43. The van der Waals surface area contributed by atoms with E-state index in [1.54, 1.807) is 0 Å². The van der Waals surface area contributed by atoms with Crippen molar-refractivity contribution < 1.29 is 0 Å². The van der Waals surface area contributed by atoms with Gasteiger partial charge in [-0.15, -0.1) is 0 Å². The van der Waals surface area contributed by atoms with Gasteiger partial charge in [0.2, 0.25) is 0 Å². The minimum absolute atomic E-state index is 0.876.